The van der Waals surface area contributed by atoms with E-state index in [1.54, 1.807) is 17.8 Å². The number of benzene rings is 1. The minimum Gasteiger partial charge on any atom is -0.489 e. The number of aliphatic carboxylic acids is 1. The molecular weight excluding hydrogens is 498 g/mol. The van der Waals surface area contributed by atoms with Crippen molar-refractivity contribution in [2.24, 2.45) is 13.0 Å². The number of carboxylic acids is 1. The first-order valence-corrected chi connectivity index (χ1v) is 12.1. The fourth-order valence-electron chi connectivity index (χ4n) is 4.54. The lowest BCUT2D eigenvalue weighted by Gasteiger charge is -2.27. The van der Waals surface area contributed by atoms with Crippen LogP contribution in [0.2, 0.25) is 0 Å². The molecule has 0 bridgehead atoms. The number of nitrogens with zero attached hydrogens (tertiary/aromatic N) is 7. The maximum Gasteiger partial charge on any atom is 0.306 e. The zero-order valence-electron chi connectivity index (χ0n) is 20.8. The van der Waals surface area contributed by atoms with E-state index < -0.39 is 17.6 Å². The first-order valence-electron chi connectivity index (χ1n) is 12.1. The van der Waals surface area contributed by atoms with Crippen LogP contribution in [0.3, 0.4) is 0 Å². The van der Waals surface area contributed by atoms with E-state index >= 15 is 0 Å². The van der Waals surface area contributed by atoms with Gasteiger partial charge in [0, 0.05) is 13.1 Å². The number of aryl methyl sites for hydroxylation is 2. The maximum atomic E-state index is 13.6. The van der Waals surface area contributed by atoms with Crippen molar-refractivity contribution in [1.29, 1.82) is 0 Å². The van der Waals surface area contributed by atoms with Gasteiger partial charge in [-0.25, -0.2) is 28.1 Å². The summed E-state index contributed by atoms with van der Waals surface area (Å²) in [5, 5.41) is 25.0. The summed E-state index contributed by atoms with van der Waals surface area (Å²) in [6.45, 7) is 2.09. The highest BCUT2D eigenvalue weighted by Crippen LogP contribution is 2.30. The third-order valence-corrected chi connectivity index (χ3v) is 6.51. The molecule has 0 unspecified atom stereocenters. The number of aromatic nitrogens is 7. The third-order valence-electron chi connectivity index (χ3n) is 6.51. The van der Waals surface area contributed by atoms with Crippen LogP contribution in [0.4, 0.5) is 14.7 Å². The van der Waals surface area contributed by atoms with Gasteiger partial charge in [-0.3, -0.25) is 4.79 Å². The van der Waals surface area contributed by atoms with E-state index in [0.717, 1.165) is 36.7 Å². The Bertz CT molecular complexity index is 1450. The van der Waals surface area contributed by atoms with Gasteiger partial charge in [0.25, 0.3) is 0 Å². The lowest BCUT2D eigenvalue weighted by Crippen LogP contribution is -2.29. The molecule has 13 heteroatoms. The summed E-state index contributed by atoms with van der Waals surface area (Å²) in [5.74, 6) is -1.72. The molecule has 0 aliphatic heterocycles. The van der Waals surface area contributed by atoms with Crippen molar-refractivity contribution in [3.05, 3.63) is 59.7 Å². The van der Waals surface area contributed by atoms with Crippen LogP contribution in [-0.2, 0) is 18.4 Å². The predicted octanol–water partition coefficient (Wildman–Crippen LogP) is 3.68. The molecule has 3 aromatic heterocycles. The smallest absolute Gasteiger partial charge is 0.306 e. The zero-order valence-corrected chi connectivity index (χ0v) is 20.8. The molecule has 198 valence electrons. The number of anilines is 1. The summed E-state index contributed by atoms with van der Waals surface area (Å²) in [6.07, 6.45) is 3.97. The van der Waals surface area contributed by atoms with Gasteiger partial charge in [-0.15, -0.1) is 10.2 Å². The normalized spacial score (nSPS) is 17.4. The molecule has 1 aliphatic carbocycles. The van der Waals surface area contributed by atoms with Gasteiger partial charge in [0.15, 0.2) is 0 Å². The summed E-state index contributed by atoms with van der Waals surface area (Å²) in [6, 6.07) is 6.71. The largest absolute Gasteiger partial charge is 0.489 e. The van der Waals surface area contributed by atoms with Crippen LogP contribution in [0.25, 0.3) is 17.1 Å². The maximum absolute atomic E-state index is 13.6. The second-order valence-corrected chi connectivity index (χ2v) is 9.22. The molecule has 0 spiro atoms. The van der Waals surface area contributed by atoms with Crippen molar-refractivity contribution in [2.75, 3.05) is 5.32 Å². The molecule has 2 N–H and O–H groups in total. The van der Waals surface area contributed by atoms with Crippen LogP contribution in [0.5, 0.6) is 5.75 Å². The summed E-state index contributed by atoms with van der Waals surface area (Å²) in [7, 11) is 1.75. The molecule has 1 saturated carbocycles. The molecule has 38 heavy (non-hydrogen) atoms. The van der Waals surface area contributed by atoms with Gasteiger partial charge in [0.05, 0.1) is 41.3 Å². The molecule has 3 heterocycles. The van der Waals surface area contributed by atoms with Crippen molar-refractivity contribution in [2.45, 2.75) is 45.3 Å². The van der Waals surface area contributed by atoms with E-state index in [2.05, 4.69) is 30.7 Å². The molecule has 0 saturated heterocycles. The molecular formula is C25H26F2N8O3. The van der Waals surface area contributed by atoms with Crippen molar-refractivity contribution < 1.29 is 23.4 Å². The molecule has 1 fully saturated rings. The zero-order chi connectivity index (χ0) is 26.8. The highest BCUT2D eigenvalue weighted by molar-refractivity contribution is 5.70. The number of rotatable bonds is 8. The number of halogens is 2. The van der Waals surface area contributed by atoms with Crippen LogP contribution < -0.4 is 10.1 Å². The van der Waals surface area contributed by atoms with Gasteiger partial charge in [-0.1, -0.05) is 5.21 Å². The molecule has 2 atom stereocenters. The van der Waals surface area contributed by atoms with E-state index in [1.165, 1.54) is 11.0 Å². The lowest BCUT2D eigenvalue weighted by molar-refractivity contribution is -0.143. The monoisotopic (exact) mass is 524 g/mol. The predicted molar refractivity (Wildman–Crippen MR) is 132 cm³/mol. The average Bonchev–Trinajstić information content (AvgIpc) is 3.50. The topological polar surface area (TPSA) is 133 Å². The molecule has 1 aromatic carbocycles. The van der Waals surface area contributed by atoms with Crippen molar-refractivity contribution in [3.8, 4) is 22.8 Å². The first kappa shape index (κ1) is 25.2. The van der Waals surface area contributed by atoms with Gasteiger partial charge < -0.3 is 15.2 Å². The number of ether oxygens (including phenoxy) is 1. The van der Waals surface area contributed by atoms with Gasteiger partial charge in [0.2, 0.25) is 5.95 Å². The summed E-state index contributed by atoms with van der Waals surface area (Å²) in [4.78, 5) is 20.2. The molecule has 11 nitrogen and oxygen atoms in total. The fourth-order valence-corrected chi connectivity index (χ4v) is 4.54. The summed E-state index contributed by atoms with van der Waals surface area (Å²) >= 11 is 0. The van der Waals surface area contributed by atoms with Crippen molar-refractivity contribution in [1.82, 2.24) is 34.7 Å². The number of carboxylic acid groups (broad SMARTS) is 1. The Kier molecular flexibility index (Phi) is 6.99. The highest BCUT2D eigenvalue weighted by atomic mass is 19.1. The average molecular weight is 525 g/mol. The molecule has 4 aromatic rings. The van der Waals surface area contributed by atoms with Gasteiger partial charge >= 0.3 is 5.97 Å². The van der Waals surface area contributed by atoms with E-state index in [4.69, 9.17) is 4.74 Å². The van der Waals surface area contributed by atoms with E-state index in [9.17, 15) is 18.7 Å². The minimum absolute atomic E-state index is 0.163. The van der Waals surface area contributed by atoms with Crippen LogP contribution >= 0.6 is 0 Å². The van der Waals surface area contributed by atoms with Crippen LogP contribution in [0, 0.1) is 24.5 Å². The van der Waals surface area contributed by atoms with Gasteiger partial charge in [-0.2, -0.15) is 0 Å². The van der Waals surface area contributed by atoms with Crippen LogP contribution in [0.1, 0.15) is 37.1 Å². The molecule has 5 rings (SSSR count). The highest BCUT2D eigenvalue weighted by Gasteiger charge is 2.28. The molecule has 0 radical (unpaired) electrons. The molecule has 0 amide bonds. The number of hydrogen-bond acceptors (Lipinski definition) is 8. The summed E-state index contributed by atoms with van der Waals surface area (Å²) in [5.41, 5.74) is 2.74. The Morgan fingerprint density at radius 1 is 1.21 bits per heavy atom. The standard InChI is InChI=1S/C25H26F2N8O3/c1-14-22(38-19-5-3-4-15(8-19)24(36)37)7-6-20(30-14)23-21(34(2)33-31-23)12-28-25-29-13-35(32-25)18-10-16(26)9-17(27)11-18/h6-7,9-11,13,15,19H,3-5,8,12H2,1-2H3,(H,28,32)(H,36,37)/t15-,19-/m0/s1. The Morgan fingerprint density at radius 2 is 2.00 bits per heavy atom. The minimum atomic E-state index is -0.780. The third kappa shape index (κ3) is 5.45. The van der Waals surface area contributed by atoms with Crippen LogP contribution in [-0.4, -0.2) is 51.9 Å². The quantitative estimate of drug-likeness (QED) is 0.354. The Hall–Kier alpha value is -4.42. The second kappa shape index (κ2) is 10.5. The first-order chi connectivity index (χ1) is 18.3. The number of hydrogen-bond donors (Lipinski definition) is 2. The lowest BCUT2D eigenvalue weighted by atomic mass is 9.87. The van der Waals surface area contributed by atoms with E-state index in [0.29, 0.717) is 35.7 Å². The Labute approximate surface area is 216 Å². The van der Waals surface area contributed by atoms with E-state index in [1.807, 2.05) is 13.0 Å². The van der Waals surface area contributed by atoms with Crippen molar-refractivity contribution in [3.63, 3.8) is 0 Å². The molecule has 1 aliphatic rings. The van der Waals surface area contributed by atoms with Crippen LogP contribution in [0.15, 0.2) is 36.7 Å². The number of pyridine rings is 1. The SMILES string of the molecule is Cc1nc(-c2nnn(C)c2CNc2ncn(-c3cc(F)cc(F)c3)n2)ccc1O[C@H]1CCC[C@H](C(=O)O)C1. The van der Waals surface area contributed by atoms with E-state index in [-0.39, 0.29) is 30.2 Å². The fraction of sp³-hybridized carbons (Fsp3) is 0.360. The second-order valence-electron chi connectivity index (χ2n) is 9.22. The van der Waals surface area contributed by atoms with Crippen molar-refractivity contribution >= 4 is 11.9 Å². The summed E-state index contributed by atoms with van der Waals surface area (Å²) < 4.78 is 36.1. The number of nitrogens with one attached hydrogen (secondary N) is 1. The number of carbonyl (C=O) groups is 1. The van der Waals surface area contributed by atoms with Gasteiger partial charge in [0.1, 0.15) is 29.4 Å². The Morgan fingerprint density at radius 3 is 2.74 bits per heavy atom. The Balaban J connectivity index is 1.28. The van der Waals surface area contributed by atoms with Gasteiger partial charge in [-0.05, 0) is 56.9 Å².